The number of carboxylic acid groups (broad SMARTS) is 1. The number of nitrogens with zero attached hydrogens (tertiary/aromatic N) is 1. The SMILES string of the molecule is O=C(O)CCCCCCC(=O)N(Cc1ccccc1)C(Cc1ccc(-c2ccccc2)cc1)C(=O)NCCc1ccccc1. The molecule has 0 aliphatic rings. The van der Waals surface area contributed by atoms with Crippen LogP contribution in [0.2, 0.25) is 0 Å². The molecule has 4 aromatic carbocycles. The number of hydrogen-bond acceptors (Lipinski definition) is 3. The number of carbonyl (C=O) groups is 3. The van der Waals surface area contributed by atoms with E-state index in [1.807, 2.05) is 91.0 Å². The number of benzene rings is 4. The molecule has 1 unspecified atom stereocenters. The quantitative estimate of drug-likeness (QED) is 0.129. The molecule has 0 fully saturated rings. The van der Waals surface area contributed by atoms with Crippen molar-refractivity contribution in [2.24, 2.45) is 0 Å². The van der Waals surface area contributed by atoms with Gasteiger partial charge in [-0.2, -0.15) is 0 Å². The molecule has 2 amide bonds. The second kappa shape index (κ2) is 17.4. The van der Waals surface area contributed by atoms with Crippen molar-refractivity contribution in [3.8, 4) is 11.1 Å². The minimum atomic E-state index is -0.798. The molecule has 0 aromatic heterocycles. The number of unbranched alkanes of at least 4 members (excludes halogenated alkanes) is 3. The molecule has 4 rings (SSSR count). The van der Waals surface area contributed by atoms with Crippen LogP contribution in [0.3, 0.4) is 0 Å². The number of amides is 2. The molecule has 0 saturated heterocycles. The van der Waals surface area contributed by atoms with Gasteiger partial charge < -0.3 is 15.3 Å². The van der Waals surface area contributed by atoms with E-state index in [1.165, 1.54) is 0 Å². The van der Waals surface area contributed by atoms with E-state index >= 15 is 0 Å². The Hall–Kier alpha value is -4.71. The van der Waals surface area contributed by atoms with Gasteiger partial charge in [-0.05, 0) is 47.1 Å². The Kier molecular flexibility index (Phi) is 12.7. The fraction of sp³-hybridized carbons (Fsp3) is 0.289. The number of hydrogen-bond donors (Lipinski definition) is 2. The highest BCUT2D eigenvalue weighted by Crippen LogP contribution is 2.22. The van der Waals surface area contributed by atoms with Crippen molar-refractivity contribution in [3.63, 3.8) is 0 Å². The summed E-state index contributed by atoms with van der Waals surface area (Å²) in [6.45, 7) is 0.806. The lowest BCUT2D eigenvalue weighted by Gasteiger charge is -2.32. The topological polar surface area (TPSA) is 86.7 Å². The number of nitrogens with one attached hydrogen (secondary N) is 1. The van der Waals surface area contributed by atoms with Gasteiger partial charge in [0.2, 0.25) is 11.8 Å². The summed E-state index contributed by atoms with van der Waals surface area (Å²) in [4.78, 5) is 40.3. The fourth-order valence-corrected chi connectivity index (χ4v) is 5.33. The Morgan fingerprint density at radius 2 is 1.16 bits per heavy atom. The maximum atomic E-state index is 13.9. The first kappa shape index (κ1) is 32.2. The first-order valence-electron chi connectivity index (χ1n) is 15.5. The largest absolute Gasteiger partial charge is 0.481 e. The zero-order valence-electron chi connectivity index (χ0n) is 25.2. The molecular formula is C38H42N2O4. The van der Waals surface area contributed by atoms with Crippen LogP contribution in [0.1, 0.15) is 55.2 Å². The molecule has 6 heteroatoms. The Balaban J connectivity index is 1.53. The van der Waals surface area contributed by atoms with E-state index in [9.17, 15) is 14.4 Å². The van der Waals surface area contributed by atoms with Gasteiger partial charge in [0.1, 0.15) is 6.04 Å². The third kappa shape index (κ3) is 10.5. The van der Waals surface area contributed by atoms with Crippen LogP contribution >= 0.6 is 0 Å². The Bertz CT molecular complexity index is 1440. The molecule has 228 valence electrons. The molecule has 0 radical (unpaired) electrons. The van der Waals surface area contributed by atoms with E-state index in [4.69, 9.17) is 5.11 Å². The zero-order chi connectivity index (χ0) is 31.0. The summed E-state index contributed by atoms with van der Waals surface area (Å²) in [5, 5.41) is 12.0. The molecule has 4 aromatic rings. The van der Waals surface area contributed by atoms with Crippen molar-refractivity contribution in [3.05, 3.63) is 132 Å². The van der Waals surface area contributed by atoms with Crippen molar-refractivity contribution in [1.29, 1.82) is 0 Å². The van der Waals surface area contributed by atoms with Crippen LogP contribution in [0.15, 0.2) is 115 Å². The van der Waals surface area contributed by atoms with E-state index in [2.05, 4.69) is 29.6 Å². The maximum absolute atomic E-state index is 13.9. The van der Waals surface area contributed by atoms with E-state index < -0.39 is 12.0 Å². The third-order valence-electron chi connectivity index (χ3n) is 7.77. The fourth-order valence-electron chi connectivity index (χ4n) is 5.33. The standard InChI is InChI=1S/C38H42N2O4/c41-36(20-12-1-2-13-21-37(42)43)40(29-32-16-8-4-9-17-32)35(38(44)39-27-26-30-14-6-3-7-15-30)28-31-22-24-34(25-23-31)33-18-10-5-11-19-33/h3-11,14-19,22-25,35H,1-2,12-13,20-21,26-29H2,(H,39,44)(H,42,43). The normalized spacial score (nSPS) is 11.5. The number of carbonyl (C=O) groups excluding carboxylic acids is 2. The molecule has 2 N–H and O–H groups in total. The molecule has 0 aliphatic carbocycles. The molecule has 44 heavy (non-hydrogen) atoms. The zero-order valence-corrected chi connectivity index (χ0v) is 25.2. The van der Waals surface area contributed by atoms with Gasteiger partial charge in [0.05, 0.1) is 0 Å². The van der Waals surface area contributed by atoms with Crippen LogP contribution in [0.4, 0.5) is 0 Å². The van der Waals surface area contributed by atoms with Gasteiger partial charge in [0.25, 0.3) is 0 Å². The van der Waals surface area contributed by atoms with E-state index in [0.717, 1.165) is 40.7 Å². The Morgan fingerprint density at radius 1 is 0.614 bits per heavy atom. The number of rotatable bonds is 17. The molecule has 6 nitrogen and oxygen atoms in total. The van der Waals surface area contributed by atoms with Crippen LogP contribution in [0, 0.1) is 0 Å². The lowest BCUT2D eigenvalue weighted by molar-refractivity contribution is -0.141. The summed E-state index contributed by atoms with van der Waals surface area (Å²) >= 11 is 0. The minimum absolute atomic E-state index is 0.0730. The van der Waals surface area contributed by atoms with E-state index in [0.29, 0.717) is 45.2 Å². The molecule has 0 aliphatic heterocycles. The van der Waals surface area contributed by atoms with Crippen molar-refractivity contribution >= 4 is 17.8 Å². The number of carboxylic acids is 1. The summed E-state index contributed by atoms with van der Waals surface area (Å²) in [7, 11) is 0. The first-order chi connectivity index (χ1) is 21.5. The predicted molar refractivity (Wildman–Crippen MR) is 175 cm³/mol. The van der Waals surface area contributed by atoms with E-state index in [1.54, 1.807) is 4.90 Å². The summed E-state index contributed by atoms with van der Waals surface area (Å²) in [5.41, 5.74) is 5.30. The van der Waals surface area contributed by atoms with Gasteiger partial charge in [0.15, 0.2) is 0 Å². The molecule has 0 saturated carbocycles. The molecule has 1 atom stereocenters. The van der Waals surface area contributed by atoms with Crippen LogP contribution in [0.5, 0.6) is 0 Å². The van der Waals surface area contributed by atoms with Gasteiger partial charge in [-0.25, -0.2) is 0 Å². The van der Waals surface area contributed by atoms with Crippen molar-refractivity contribution in [2.75, 3.05) is 6.54 Å². The van der Waals surface area contributed by atoms with E-state index in [-0.39, 0.29) is 18.2 Å². The summed E-state index contributed by atoms with van der Waals surface area (Å²) in [6.07, 6.45) is 4.32. The predicted octanol–water partition coefficient (Wildman–Crippen LogP) is 7.08. The van der Waals surface area contributed by atoms with Gasteiger partial charge in [-0.3, -0.25) is 14.4 Å². The highest BCUT2D eigenvalue weighted by atomic mass is 16.4. The highest BCUT2D eigenvalue weighted by Gasteiger charge is 2.30. The second-order valence-electron chi connectivity index (χ2n) is 11.1. The molecule has 0 spiro atoms. The van der Waals surface area contributed by atoms with Gasteiger partial charge in [-0.15, -0.1) is 0 Å². The summed E-state index contributed by atoms with van der Waals surface area (Å²) in [5.74, 6) is -1.04. The molecule has 0 bridgehead atoms. The van der Waals surface area contributed by atoms with Crippen molar-refractivity contribution in [1.82, 2.24) is 10.2 Å². The van der Waals surface area contributed by atoms with Crippen LogP contribution in [-0.2, 0) is 33.8 Å². The average molecular weight is 591 g/mol. The molecule has 0 heterocycles. The average Bonchev–Trinajstić information content (AvgIpc) is 3.05. The highest BCUT2D eigenvalue weighted by molar-refractivity contribution is 5.88. The minimum Gasteiger partial charge on any atom is -0.481 e. The summed E-state index contributed by atoms with van der Waals surface area (Å²) in [6, 6.07) is 37.5. The second-order valence-corrected chi connectivity index (χ2v) is 11.1. The van der Waals surface area contributed by atoms with Gasteiger partial charge in [0, 0.05) is 32.4 Å². The van der Waals surface area contributed by atoms with Crippen molar-refractivity contribution in [2.45, 2.75) is 64.0 Å². The van der Waals surface area contributed by atoms with Crippen LogP contribution < -0.4 is 5.32 Å². The molecular weight excluding hydrogens is 548 g/mol. The van der Waals surface area contributed by atoms with Gasteiger partial charge in [-0.1, -0.05) is 128 Å². The smallest absolute Gasteiger partial charge is 0.303 e. The van der Waals surface area contributed by atoms with Gasteiger partial charge >= 0.3 is 5.97 Å². The van der Waals surface area contributed by atoms with Crippen LogP contribution in [0.25, 0.3) is 11.1 Å². The van der Waals surface area contributed by atoms with Crippen molar-refractivity contribution < 1.29 is 19.5 Å². The Morgan fingerprint density at radius 3 is 1.77 bits per heavy atom. The monoisotopic (exact) mass is 590 g/mol. The van der Waals surface area contributed by atoms with Crippen LogP contribution in [-0.4, -0.2) is 40.4 Å². The summed E-state index contributed by atoms with van der Waals surface area (Å²) < 4.78 is 0. The third-order valence-corrected chi connectivity index (χ3v) is 7.77. The number of aliphatic carboxylic acids is 1. The Labute approximate surface area is 260 Å². The first-order valence-corrected chi connectivity index (χ1v) is 15.5. The lowest BCUT2D eigenvalue weighted by Crippen LogP contribution is -2.50. The lowest BCUT2D eigenvalue weighted by atomic mass is 9.98. The maximum Gasteiger partial charge on any atom is 0.303 e.